The third-order valence-electron chi connectivity index (χ3n) is 10.9. The predicted molar refractivity (Wildman–Crippen MR) is 236 cm³/mol. The highest BCUT2D eigenvalue weighted by Gasteiger charge is 2.24. The fourth-order valence-electron chi connectivity index (χ4n) is 8.11. The molecule has 0 amide bonds. The molecule has 0 aliphatic carbocycles. The zero-order valence-corrected chi connectivity index (χ0v) is 31.5. The van der Waals surface area contributed by atoms with Crippen molar-refractivity contribution in [3.63, 3.8) is 0 Å². The molecule has 0 bridgehead atoms. The van der Waals surface area contributed by atoms with Gasteiger partial charge in [-0.15, -0.1) is 0 Å². The molecule has 0 saturated carbocycles. The van der Waals surface area contributed by atoms with Gasteiger partial charge in [0.05, 0.1) is 11.0 Å². The molecule has 3 N–H and O–H groups in total. The number of para-hydroxylation sites is 1. The number of nitrogens with two attached hydrogens (primary N) is 1. The first-order valence-electron chi connectivity index (χ1n) is 19.1. The first kappa shape index (κ1) is 34.7. The van der Waals surface area contributed by atoms with Crippen LogP contribution in [0.3, 0.4) is 0 Å². The summed E-state index contributed by atoms with van der Waals surface area (Å²) in [6.45, 7) is 4.42. The van der Waals surface area contributed by atoms with E-state index >= 15 is 0 Å². The van der Waals surface area contributed by atoms with Crippen molar-refractivity contribution in [3.05, 3.63) is 216 Å². The Kier molecular flexibility index (Phi) is 9.32. The first-order chi connectivity index (χ1) is 27.6. The summed E-state index contributed by atoms with van der Waals surface area (Å²) < 4.78 is 2.40. The third kappa shape index (κ3) is 6.46. The molecule has 1 heterocycles. The van der Waals surface area contributed by atoms with Gasteiger partial charge in [-0.2, -0.15) is 0 Å². The van der Waals surface area contributed by atoms with Gasteiger partial charge in [0.15, 0.2) is 6.17 Å². The molecule has 9 rings (SSSR count). The van der Waals surface area contributed by atoms with E-state index in [4.69, 9.17) is 10.8 Å². The molecule has 1 unspecified atom stereocenters. The summed E-state index contributed by atoms with van der Waals surface area (Å²) in [6, 6.07) is 68.9. The highest BCUT2D eigenvalue weighted by Crippen LogP contribution is 2.41. The molecule has 0 fully saturated rings. The van der Waals surface area contributed by atoms with Crippen LogP contribution in [-0.2, 0) is 0 Å². The monoisotopic (exact) mass is 722 g/mol. The van der Waals surface area contributed by atoms with Crippen molar-refractivity contribution in [2.45, 2.75) is 20.0 Å². The minimum absolute atomic E-state index is 0.435. The van der Waals surface area contributed by atoms with Crippen LogP contribution in [0.2, 0.25) is 0 Å². The lowest BCUT2D eigenvalue weighted by Gasteiger charge is -2.22. The van der Waals surface area contributed by atoms with Gasteiger partial charge < -0.3 is 9.99 Å². The zero-order valence-electron chi connectivity index (χ0n) is 31.5. The Balaban J connectivity index is 1.19. The van der Waals surface area contributed by atoms with Crippen LogP contribution >= 0.6 is 0 Å². The maximum Gasteiger partial charge on any atom is 0.153 e. The maximum atomic E-state index is 6.27. The number of aryl methyl sites for hydroxylation is 2. The van der Waals surface area contributed by atoms with E-state index in [0.29, 0.717) is 5.84 Å². The fraction of sp³-hybridized carbons (Fsp3) is 0.0577. The Labute approximate surface area is 328 Å². The van der Waals surface area contributed by atoms with Gasteiger partial charge in [-0.05, 0) is 93.2 Å². The highest BCUT2D eigenvalue weighted by atomic mass is 15.3. The van der Waals surface area contributed by atoms with Gasteiger partial charge >= 0.3 is 0 Å². The number of benzene rings is 8. The number of hydrogen-bond acceptors (Lipinski definition) is 2. The Bertz CT molecular complexity index is 2850. The second-order valence-corrected chi connectivity index (χ2v) is 14.3. The zero-order chi connectivity index (χ0) is 38.0. The van der Waals surface area contributed by atoms with E-state index in [-0.39, 0.29) is 0 Å². The maximum absolute atomic E-state index is 6.27. The molecule has 0 aliphatic heterocycles. The van der Waals surface area contributed by atoms with Gasteiger partial charge in [0.25, 0.3) is 0 Å². The molecule has 1 atom stereocenters. The molecule has 4 heteroatoms. The second-order valence-electron chi connectivity index (χ2n) is 14.3. The molecule has 0 saturated heterocycles. The normalized spacial score (nSPS) is 12.2. The van der Waals surface area contributed by atoms with Crippen molar-refractivity contribution in [1.82, 2.24) is 9.99 Å². The van der Waals surface area contributed by atoms with E-state index in [1.807, 2.05) is 30.3 Å². The number of nitrogens with zero attached hydrogens (tertiary/aromatic N) is 2. The first-order valence-corrected chi connectivity index (χ1v) is 19.1. The van der Waals surface area contributed by atoms with Crippen LogP contribution < -0.4 is 11.3 Å². The van der Waals surface area contributed by atoms with Crippen LogP contribution in [0.5, 0.6) is 0 Å². The number of aliphatic imine (C=N–C) groups is 1. The lowest BCUT2D eigenvalue weighted by atomic mass is 9.94. The summed E-state index contributed by atoms with van der Waals surface area (Å²) in [4.78, 5) is 5.47. The van der Waals surface area contributed by atoms with Gasteiger partial charge in [-0.3, -0.25) is 0 Å². The van der Waals surface area contributed by atoms with Crippen LogP contribution in [-0.4, -0.2) is 10.4 Å². The van der Waals surface area contributed by atoms with Crippen molar-refractivity contribution in [1.29, 1.82) is 0 Å². The fourth-order valence-corrected chi connectivity index (χ4v) is 8.11. The SMILES string of the molecule is Cc1ccccc1-c1ccc2c3ccccc3n(C(N=C(NN)c3ccccc3)c3ccc(-c4cccc(-c5cccc(-c6ccccc6)c5)c4)cc3)c2c1C. The molecule has 0 aliphatic rings. The van der Waals surface area contributed by atoms with E-state index in [0.717, 1.165) is 33.3 Å². The number of rotatable bonds is 8. The van der Waals surface area contributed by atoms with Crippen LogP contribution in [0, 0.1) is 13.8 Å². The second kappa shape index (κ2) is 15.0. The number of aromatic nitrogens is 1. The van der Waals surface area contributed by atoms with Crippen LogP contribution in [0.15, 0.2) is 199 Å². The molecule has 1 aromatic heterocycles. The topological polar surface area (TPSA) is 55.3 Å². The van der Waals surface area contributed by atoms with E-state index in [9.17, 15) is 0 Å². The number of fused-ring (bicyclic) bond motifs is 3. The lowest BCUT2D eigenvalue weighted by Crippen LogP contribution is -2.32. The quantitative estimate of drug-likeness (QED) is 0.0710. The Morgan fingerprint density at radius 2 is 1.05 bits per heavy atom. The summed E-state index contributed by atoms with van der Waals surface area (Å²) in [5.41, 5.74) is 19.2. The molecule has 9 aromatic rings. The number of nitrogens with one attached hydrogen (secondary N) is 1. The molecule has 270 valence electrons. The number of hydrazine groups is 1. The summed E-state index contributed by atoms with van der Waals surface area (Å²) in [5, 5.41) is 2.39. The van der Waals surface area contributed by atoms with Crippen LogP contribution in [0.4, 0.5) is 0 Å². The molecular weight excluding hydrogens is 681 g/mol. The molecule has 0 radical (unpaired) electrons. The van der Waals surface area contributed by atoms with Gasteiger partial charge in [0, 0.05) is 16.3 Å². The van der Waals surface area contributed by atoms with E-state index < -0.39 is 6.17 Å². The van der Waals surface area contributed by atoms with Crippen molar-refractivity contribution in [3.8, 4) is 44.5 Å². The smallest absolute Gasteiger partial charge is 0.153 e. The van der Waals surface area contributed by atoms with Gasteiger partial charge in [-0.1, -0.05) is 176 Å². The summed E-state index contributed by atoms with van der Waals surface area (Å²) in [7, 11) is 0. The molecule has 8 aromatic carbocycles. The third-order valence-corrected chi connectivity index (χ3v) is 10.9. The molecule has 0 spiro atoms. The Morgan fingerprint density at radius 3 is 1.71 bits per heavy atom. The van der Waals surface area contributed by atoms with Crippen molar-refractivity contribution in [2.75, 3.05) is 0 Å². The number of hydrogen-bond donors (Lipinski definition) is 2. The Morgan fingerprint density at radius 1 is 0.500 bits per heavy atom. The minimum atomic E-state index is -0.435. The van der Waals surface area contributed by atoms with E-state index in [2.05, 4.69) is 188 Å². The predicted octanol–water partition coefficient (Wildman–Crippen LogP) is 12.5. The van der Waals surface area contributed by atoms with E-state index in [1.54, 1.807) is 0 Å². The standard InChI is InChI=1S/C52H42N4/c1-35-15-9-10-24-45(35)46-31-32-48-47-25-11-12-26-49(47)56(50(48)36(46)2)52(54-51(55-53)39-18-7-4-8-19-39)40-29-27-38(28-30-40)42-21-14-23-44(34-42)43-22-13-20-41(33-43)37-16-5-3-6-17-37/h3-34,52H,53H2,1-2H3,(H,54,55). The highest BCUT2D eigenvalue weighted by molar-refractivity contribution is 6.11. The Hall–Kier alpha value is -7.01. The summed E-state index contributed by atoms with van der Waals surface area (Å²) >= 11 is 0. The lowest BCUT2D eigenvalue weighted by molar-refractivity contribution is 0.649. The minimum Gasteiger partial charge on any atom is -0.313 e. The molecular formula is C52H42N4. The van der Waals surface area contributed by atoms with Crippen LogP contribution in [0.1, 0.15) is 28.4 Å². The largest absolute Gasteiger partial charge is 0.313 e. The van der Waals surface area contributed by atoms with Gasteiger partial charge in [0.2, 0.25) is 0 Å². The van der Waals surface area contributed by atoms with Gasteiger partial charge in [0.1, 0.15) is 5.84 Å². The average Bonchev–Trinajstić information content (AvgIpc) is 3.60. The summed E-state index contributed by atoms with van der Waals surface area (Å²) in [6.07, 6.45) is -0.435. The van der Waals surface area contributed by atoms with Crippen molar-refractivity contribution in [2.24, 2.45) is 10.8 Å². The molecule has 4 nitrogen and oxygen atoms in total. The van der Waals surface area contributed by atoms with Gasteiger partial charge in [-0.25, -0.2) is 10.8 Å². The summed E-state index contributed by atoms with van der Waals surface area (Å²) in [5.74, 6) is 6.89. The average molecular weight is 723 g/mol. The molecule has 56 heavy (non-hydrogen) atoms. The van der Waals surface area contributed by atoms with Crippen molar-refractivity contribution >= 4 is 27.6 Å². The number of amidine groups is 1. The van der Waals surface area contributed by atoms with E-state index in [1.165, 1.54) is 55.3 Å². The van der Waals surface area contributed by atoms with Crippen LogP contribution in [0.25, 0.3) is 66.3 Å². The van der Waals surface area contributed by atoms with Crippen molar-refractivity contribution < 1.29 is 0 Å².